The van der Waals surface area contributed by atoms with Crippen LogP contribution in [0.15, 0.2) is 0 Å². The predicted octanol–water partition coefficient (Wildman–Crippen LogP) is 1.19. The Morgan fingerprint density at radius 1 is 1.57 bits per heavy atom. The van der Waals surface area contributed by atoms with Gasteiger partial charge in [-0.05, 0) is 5.37 Å². The molecule has 0 radical (unpaired) electrons. The molecule has 0 N–H and O–H groups in total. The molecule has 1 aromatic heterocycles. The molecule has 78 valence electrons. The van der Waals surface area contributed by atoms with Gasteiger partial charge in [-0.25, -0.2) is 8.42 Å². The largest absolute Gasteiger partial charge is 0.229 e. The van der Waals surface area contributed by atoms with Crippen molar-refractivity contribution in [1.82, 2.24) is 10.2 Å². The second-order valence-electron chi connectivity index (χ2n) is 3.03. The summed E-state index contributed by atoms with van der Waals surface area (Å²) in [5, 5.41) is 10.5. The van der Waals surface area contributed by atoms with Crippen LogP contribution in [-0.2, 0) is 15.6 Å². The molecule has 0 aliphatic heterocycles. The van der Waals surface area contributed by atoms with Crippen LogP contribution in [0.4, 0.5) is 0 Å². The van der Waals surface area contributed by atoms with Gasteiger partial charge in [-0.15, -0.1) is 10.2 Å². The van der Waals surface area contributed by atoms with E-state index in [0.717, 1.165) is 5.01 Å². The summed E-state index contributed by atoms with van der Waals surface area (Å²) in [5.74, 6) is 0.00487. The molecule has 1 atom stereocenters. The molecule has 7 heteroatoms. The average Bonchev–Trinajstić information content (AvgIpc) is 2.48. The molecular formula is C7H10N2O2S3. The smallest absolute Gasteiger partial charge is 0.154 e. The van der Waals surface area contributed by atoms with Crippen molar-refractivity contribution in [3.63, 3.8) is 0 Å². The molecule has 1 rings (SSSR count). The van der Waals surface area contributed by atoms with E-state index in [-0.39, 0.29) is 11.7 Å². The van der Waals surface area contributed by atoms with Crippen molar-refractivity contribution in [3.05, 3.63) is 10.0 Å². The van der Waals surface area contributed by atoms with Gasteiger partial charge in [0.15, 0.2) is 9.84 Å². The molecule has 0 saturated heterocycles. The molecule has 0 bridgehead atoms. The number of rotatable bonds is 4. The Balaban J connectivity index is 2.83. The summed E-state index contributed by atoms with van der Waals surface area (Å²) in [4.78, 5) is 0. The van der Waals surface area contributed by atoms with Crippen LogP contribution in [0, 0.1) is 0 Å². The Bertz CT molecular complexity index is 424. The highest BCUT2D eigenvalue weighted by molar-refractivity contribution is 7.90. The maximum atomic E-state index is 11.0. The summed E-state index contributed by atoms with van der Waals surface area (Å²) >= 11 is 6.06. The first-order valence-corrected chi connectivity index (χ1v) is 7.22. The van der Waals surface area contributed by atoms with Crippen molar-refractivity contribution in [2.45, 2.75) is 18.6 Å². The first-order valence-electron chi connectivity index (χ1n) is 3.87. The van der Waals surface area contributed by atoms with Crippen LogP contribution < -0.4 is 0 Å². The number of hydrogen-bond donors (Lipinski definition) is 0. The van der Waals surface area contributed by atoms with Gasteiger partial charge in [-0.3, -0.25) is 0 Å². The van der Waals surface area contributed by atoms with Gasteiger partial charge in [0.1, 0.15) is 15.8 Å². The zero-order valence-electron chi connectivity index (χ0n) is 7.80. The lowest BCUT2D eigenvalue weighted by molar-refractivity contribution is 0.600. The second-order valence-corrected chi connectivity index (χ2v) is 6.53. The van der Waals surface area contributed by atoms with E-state index in [1.54, 1.807) is 5.37 Å². The molecule has 0 amide bonds. The fraction of sp³-hybridized carbons (Fsp3) is 0.571. The van der Waals surface area contributed by atoms with Gasteiger partial charge in [-0.2, -0.15) is 0 Å². The molecule has 1 aromatic rings. The van der Waals surface area contributed by atoms with Crippen molar-refractivity contribution in [2.24, 2.45) is 0 Å². The number of nitrogens with zero attached hydrogens (tertiary/aromatic N) is 2. The van der Waals surface area contributed by atoms with Crippen LogP contribution in [0.25, 0.3) is 0 Å². The van der Waals surface area contributed by atoms with E-state index in [1.165, 1.54) is 17.6 Å². The predicted molar refractivity (Wildman–Crippen MR) is 60.5 cm³/mol. The molecular weight excluding hydrogens is 240 g/mol. The first-order chi connectivity index (χ1) is 6.42. The summed E-state index contributed by atoms with van der Waals surface area (Å²) in [6.45, 7) is 1.90. The third-order valence-corrected chi connectivity index (χ3v) is 3.97. The topological polar surface area (TPSA) is 59.9 Å². The van der Waals surface area contributed by atoms with Crippen LogP contribution in [0.5, 0.6) is 0 Å². The molecule has 14 heavy (non-hydrogen) atoms. The van der Waals surface area contributed by atoms with E-state index in [9.17, 15) is 8.42 Å². The average molecular weight is 250 g/mol. The highest BCUT2D eigenvalue weighted by atomic mass is 32.2. The summed E-state index contributed by atoms with van der Waals surface area (Å²) in [7, 11) is -3.02. The van der Waals surface area contributed by atoms with Gasteiger partial charge >= 0.3 is 0 Å². The Labute approximate surface area is 92.3 Å². The molecule has 0 fully saturated rings. The Morgan fingerprint density at radius 3 is 2.71 bits per heavy atom. The molecule has 1 heterocycles. The molecule has 0 saturated carbocycles. The van der Waals surface area contributed by atoms with Crippen molar-refractivity contribution < 1.29 is 8.42 Å². The van der Waals surface area contributed by atoms with E-state index < -0.39 is 9.84 Å². The third-order valence-electron chi connectivity index (χ3n) is 1.46. The standard InChI is InChI=1S/C7H10N2O2S3/c1-5(3-12)7-9-8-6(13-7)4-14(2,10)11/h3,5H,4H2,1-2H3. The van der Waals surface area contributed by atoms with Crippen LogP contribution >= 0.6 is 23.6 Å². The molecule has 0 aliphatic rings. The minimum absolute atomic E-state index is 0.0468. The van der Waals surface area contributed by atoms with E-state index in [0.29, 0.717) is 5.01 Å². The van der Waals surface area contributed by atoms with Crippen molar-refractivity contribution in [1.29, 1.82) is 0 Å². The van der Waals surface area contributed by atoms with E-state index >= 15 is 0 Å². The monoisotopic (exact) mass is 250 g/mol. The molecule has 1 unspecified atom stereocenters. The summed E-state index contributed by atoms with van der Waals surface area (Å²) in [6, 6.07) is 0. The maximum absolute atomic E-state index is 11.0. The summed E-state index contributed by atoms with van der Waals surface area (Å²) in [5.41, 5.74) is 0. The SMILES string of the molecule is CC(C=S)c1nnc(CS(C)(=O)=O)s1. The molecule has 0 aliphatic carbocycles. The fourth-order valence-electron chi connectivity index (χ4n) is 0.791. The van der Waals surface area contributed by atoms with Gasteiger partial charge in [0.25, 0.3) is 0 Å². The van der Waals surface area contributed by atoms with Crippen LogP contribution in [0.1, 0.15) is 22.9 Å². The van der Waals surface area contributed by atoms with Crippen LogP contribution in [0.3, 0.4) is 0 Å². The van der Waals surface area contributed by atoms with E-state index in [2.05, 4.69) is 10.2 Å². The van der Waals surface area contributed by atoms with Crippen molar-refractivity contribution in [3.8, 4) is 0 Å². The van der Waals surface area contributed by atoms with Gasteiger partial charge in [0.05, 0.1) is 0 Å². The summed E-state index contributed by atoms with van der Waals surface area (Å²) < 4.78 is 21.9. The lowest BCUT2D eigenvalue weighted by atomic mass is 10.2. The number of thiocarbonyl (C=S) groups is 1. The maximum Gasteiger partial charge on any atom is 0.154 e. The quantitative estimate of drug-likeness (QED) is 0.751. The van der Waals surface area contributed by atoms with Crippen LogP contribution in [0.2, 0.25) is 0 Å². The minimum Gasteiger partial charge on any atom is -0.229 e. The lowest BCUT2D eigenvalue weighted by Crippen LogP contribution is -1.99. The number of aromatic nitrogens is 2. The van der Waals surface area contributed by atoms with Gasteiger partial charge in [-0.1, -0.05) is 30.5 Å². The zero-order chi connectivity index (χ0) is 10.8. The van der Waals surface area contributed by atoms with Crippen molar-refractivity contribution in [2.75, 3.05) is 6.26 Å². The fourth-order valence-corrected chi connectivity index (χ4v) is 3.05. The highest BCUT2D eigenvalue weighted by Crippen LogP contribution is 2.19. The van der Waals surface area contributed by atoms with E-state index in [1.807, 2.05) is 6.92 Å². The first kappa shape index (κ1) is 11.7. The summed E-state index contributed by atoms with van der Waals surface area (Å²) in [6.07, 6.45) is 1.18. The Kier molecular flexibility index (Phi) is 3.68. The van der Waals surface area contributed by atoms with Crippen molar-refractivity contribution >= 4 is 38.8 Å². The van der Waals surface area contributed by atoms with Crippen LogP contribution in [-0.4, -0.2) is 30.2 Å². The Hall–Kier alpha value is -0.400. The second kappa shape index (κ2) is 4.41. The Morgan fingerprint density at radius 2 is 2.21 bits per heavy atom. The lowest BCUT2D eigenvalue weighted by Gasteiger charge is -1.94. The molecule has 0 aromatic carbocycles. The van der Waals surface area contributed by atoms with E-state index in [4.69, 9.17) is 12.2 Å². The van der Waals surface area contributed by atoms with Gasteiger partial charge in [0.2, 0.25) is 0 Å². The zero-order valence-corrected chi connectivity index (χ0v) is 10.2. The molecule has 0 spiro atoms. The van der Waals surface area contributed by atoms with Gasteiger partial charge in [0, 0.05) is 12.2 Å². The minimum atomic E-state index is -3.02. The van der Waals surface area contributed by atoms with Gasteiger partial charge < -0.3 is 0 Å². The number of hydrogen-bond acceptors (Lipinski definition) is 6. The highest BCUT2D eigenvalue weighted by Gasteiger charge is 2.13. The normalized spacial score (nSPS) is 13.9. The molecule has 4 nitrogen and oxygen atoms in total. The number of sulfone groups is 1. The third kappa shape index (κ3) is 3.39.